The molecule has 0 atom stereocenters. The molecule has 2 N–H and O–H groups in total. The molecule has 9 heteroatoms. The van der Waals surface area contributed by atoms with Gasteiger partial charge in [-0.25, -0.2) is 0 Å². The molecule has 1 saturated heterocycles. The van der Waals surface area contributed by atoms with Crippen LogP contribution in [0.15, 0.2) is 48.8 Å². The first-order valence-corrected chi connectivity index (χ1v) is 9.69. The van der Waals surface area contributed by atoms with Crippen molar-refractivity contribution < 1.29 is 22.8 Å². The first-order valence-electron chi connectivity index (χ1n) is 9.69. The summed E-state index contributed by atoms with van der Waals surface area (Å²) in [6.45, 7) is 3.06. The minimum absolute atomic E-state index is 0.132. The van der Waals surface area contributed by atoms with Gasteiger partial charge in [0.15, 0.2) is 0 Å². The number of alkyl halides is 3. The van der Waals surface area contributed by atoms with E-state index >= 15 is 0 Å². The maximum Gasteiger partial charge on any atom is 0.416 e. The number of pyridine rings is 1. The fourth-order valence-electron chi connectivity index (χ4n) is 3.34. The number of anilines is 1. The molecule has 0 saturated carbocycles. The largest absolute Gasteiger partial charge is 0.416 e. The van der Waals surface area contributed by atoms with Gasteiger partial charge < -0.3 is 10.6 Å². The van der Waals surface area contributed by atoms with Crippen LogP contribution in [0.4, 0.5) is 18.9 Å². The van der Waals surface area contributed by atoms with Crippen molar-refractivity contribution in [2.75, 3.05) is 25.0 Å². The molecule has 0 radical (unpaired) electrons. The number of benzene rings is 1. The summed E-state index contributed by atoms with van der Waals surface area (Å²) in [5, 5.41) is 4.93. The number of nitrogens with one attached hydrogen (secondary N) is 2. The highest BCUT2D eigenvalue weighted by atomic mass is 19.4. The number of carbonyl (C=O) groups is 2. The lowest BCUT2D eigenvalue weighted by molar-refractivity contribution is -0.137. The van der Waals surface area contributed by atoms with Gasteiger partial charge in [0, 0.05) is 31.2 Å². The smallest absolute Gasteiger partial charge is 0.348 e. The zero-order valence-electron chi connectivity index (χ0n) is 16.3. The van der Waals surface area contributed by atoms with Gasteiger partial charge in [0.1, 0.15) is 0 Å². The highest BCUT2D eigenvalue weighted by Gasteiger charge is 2.30. The topological polar surface area (TPSA) is 74.3 Å². The molecule has 0 unspecified atom stereocenters. The molecular formula is C21H23F3N4O2. The molecule has 2 aromatic rings. The van der Waals surface area contributed by atoms with Crippen LogP contribution >= 0.6 is 0 Å². The van der Waals surface area contributed by atoms with Gasteiger partial charge in [0.25, 0.3) is 0 Å². The fraction of sp³-hybridized carbons (Fsp3) is 0.381. The summed E-state index contributed by atoms with van der Waals surface area (Å²) in [4.78, 5) is 30.3. The van der Waals surface area contributed by atoms with E-state index in [1.807, 2.05) is 12.1 Å². The number of aromatic nitrogens is 1. The second-order valence-corrected chi connectivity index (χ2v) is 7.31. The second-order valence-electron chi connectivity index (χ2n) is 7.31. The average Bonchev–Trinajstić information content (AvgIpc) is 2.73. The Morgan fingerprint density at radius 2 is 1.63 bits per heavy atom. The van der Waals surface area contributed by atoms with E-state index in [4.69, 9.17) is 0 Å². The Morgan fingerprint density at radius 3 is 2.23 bits per heavy atom. The zero-order chi connectivity index (χ0) is 21.6. The predicted molar refractivity (Wildman–Crippen MR) is 105 cm³/mol. The number of rotatable bonds is 5. The maximum absolute atomic E-state index is 12.6. The lowest BCUT2D eigenvalue weighted by atomic mass is 9.96. The minimum Gasteiger partial charge on any atom is -0.348 e. The van der Waals surface area contributed by atoms with Crippen LogP contribution in [0.5, 0.6) is 0 Å². The van der Waals surface area contributed by atoms with Crippen LogP contribution in [-0.4, -0.2) is 41.3 Å². The number of likely N-dealkylation sites (tertiary alicyclic amines) is 1. The maximum atomic E-state index is 12.6. The summed E-state index contributed by atoms with van der Waals surface area (Å²) in [6.07, 6.45) is 0.909. The van der Waals surface area contributed by atoms with Crippen LogP contribution in [0.25, 0.3) is 0 Å². The highest BCUT2D eigenvalue weighted by Crippen LogP contribution is 2.29. The van der Waals surface area contributed by atoms with Crippen molar-refractivity contribution in [2.45, 2.75) is 25.6 Å². The third-order valence-electron chi connectivity index (χ3n) is 5.09. The van der Waals surface area contributed by atoms with Gasteiger partial charge in [-0.1, -0.05) is 0 Å². The number of nitrogens with zero attached hydrogens (tertiary/aromatic N) is 2. The monoisotopic (exact) mass is 420 g/mol. The summed E-state index contributed by atoms with van der Waals surface area (Å²) >= 11 is 0. The molecule has 6 nitrogen and oxygen atoms in total. The Bertz CT molecular complexity index is 849. The Hall–Kier alpha value is -2.94. The molecular weight excluding hydrogens is 397 g/mol. The SMILES string of the molecule is O=C(NCC1CCN(Cc2ccncc2)CC1)C(=O)Nc1ccc(C(F)(F)F)cc1. The first-order chi connectivity index (χ1) is 14.3. The van der Waals surface area contributed by atoms with Gasteiger partial charge in [0.05, 0.1) is 5.56 Å². The van der Waals surface area contributed by atoms with Gasteiger partial charge in [-0.3, -0.25) is 19.5 Å². The number of amides is 2. The van der Waals surface area contributed by atoms with E-state index in [9.17, 15) is 22.8 Å². The second kappa shape index (κ2) is 9.71. The lowest BCUT2D eigenvalue weighted by Crippen LogP contribution is -2.41. The van der Waals surface area contributed by atoms with Crippen molar-refractivity contribution in [3.8, 4) is 0 Å². The van der Waals surface area contributed by atoms with Crippen molar-refractivity contribution >= 4 is 17.5 Å². The highest BCUT2D eigenvalue weighted by molar-refractivity contribution is 6.39. The molecule has 1 fully saturated rings. The van der Waals surface area contributed by atoms with Crippen LogP contribution in [0, 0.1) is 5.92 Å². The Kier molecular flexibility index (Phi) is 7.04. The van der Waals surface area contributed by atoms with Crippen LogP contribution in [0.2, 0.25) is 0 Å². The van der Waals surface area contributed by atoms with Gasteiger partial charge in [0.2, 0.25) is 0 Å². The molecule has 1 aromatic heterocycles. The van der Waals surface area contributed by atoms with E-state index in [0.717, 1.165) is 56.7 Å². The van der Waals surface area contributed by atoms with Crippen LogP contribution < -0.4 is 10.6 Å². The molecule has 2 amide bonds. The summed E-state index contributed by atoms with van der Waals surface area (Å²) in [5.74, 6) is -1.42. The summed E-state index contributed by atoms with van der Waals surface area (Å²) in [5.41, 5.74) is 0.518. The first kappa shape index (κ1) is 21.8. The van der Waals surface area contributed by atoms with Crippen LogP contribution in [0.3, 0.4) is 0 Å². The van der Waals surface area contributed by atoms with E-state index in [1.165, 1.54) is 5.56 Å². The molecule has 0 spiro atoms. The average molecular weight is 420 g/mol. The van der Waals surface area contributed by atoms with Crippen molar-refractivity contribution in [2.24, 2.45) is 5.92 Å². The minimum atomic E-state index is -4.45. The van der Waals surface area contributed by atoms with Crippen molar-refractivity contribution in [3.63, 3.8) is 0 Å². The standard InChI is InChI=1S/C21H23F3N4O2/c22-21(23,24)17-1-3-18(4-2-17)27-20(30)19(29)26-13-15-7-11-28(12-8-15)14-16-5-9-25-10-6-16/h1-6,9-10,15H,7-8,11-14H2,(H,26,29)(H,27,30). The van der Waals surface area contributed by atoms with Crippen molar-refractivity contribution in [1.29, 1.82) is 0 Å². The quantitative estimate of drug-likeness (QED) is 0.730. The van der Waals surface area contributed by atoms with Gasteiger partial charge >= 0.3 is 18.0 Å². The van der Waals surface area contributed by atoms with Gasteiger partial charge in [-0.15, -0.1) is 0 Å². The molecule has 0 bridgehead atoms. The third-order valence-corrected chi connectivity index (χ3v) is 5.09. The van der Waals surface area contributed by atoms with Crippen LogP contribution in [-0.2, 0) is 22.3 Å². The van der Waals surface area contributed by atoms with Gasteiger partial charge in [-0.05, 0) is 73.8 Å². The summed E-state index contributed by atoms with van der Waals surface area (Å²) < 4.78 is 37.7. The molecule has 3 rings (SSSR count). The predicted octanol–water partition coefficient (Wildman–Crippen LogP) is 3.07. The van der Waals surface area contributed by atoms with Crippen molar-refractivity contribution in [3.05, 3.63) is 59.9 Å². The molecule has 1 aromatic carbocycles. The van der Waals surface area contributed by atoms with E-state index in [-0.39, 0.29) is 11.6 Å². The number of piperidine rings is 1. The number of carbonyl (C=O) groups excluding carboxylic acids is 2. The lowest BCUT2D eigenvalue weighted by Gasteiger charge is -2.32. The number of halogens is 3. The molecule has 2 heterocycles. The van der Waals surface area contributed by atoms with Crippen molar-refractivity contribution in [1.82, 2.24) is 15.2 Å². The van der Waals surface area contributed by atoms with Crippen LogP contribution in [0.1, 0.15) is 24.0 Å². The summed E-state index contributed by atoms with van der Waals surface area (Å²) in [6, 6.07) is 7.92. The molecule has 160 valence electrons. The van der Waals surface area contributed by atoms with E-state index < -0.39 is 23.6 Å². The fourth-order valence-corrected chi connectivity index (χ4v) is 3.34. The molecule has 30 heavy (non-hydrogen) atoms. The van der Waals surface area contributed by atoms with E-state index in [0.29, 0.717) is 6.54 Å². The number of hydrogen-bond donors (Lipinski definition) is 2. The number of hydrogen-bond acceptors (Lipinski definition) is 4. The third kappa shape index (κ3) is 6.28. The summed E-state index contributed by atoms with van der Waals surface area (Å²) in [7, 11) is 0. The Labute approximate surface area is 172 Å². The Balaban J connectivity index is 1.38. The molecule has 1 aliphatic heterocycles. The normalized spacial score (nSPS) is 15.6. The van der Waals surface area contributed by atoms with Gasteiger partial charge in [-0.2, -0.15) is 13.2 Å². The Morgan fingerprint density at radius 1 is 1.00 bits per heavy atom. The van der Waals surface area contributed by atoms with E-state index in [2.05, 4.69) is 20.5 Å². The molecule has 0 aliphatic carbocycles. The van der Waals surface area contributed by atoms with E-state index in [1.54, 1.807) is 12.4 Å². The zero-order valence-corrected chi connectivity index (χ0v) is 16.3. The molecule has 1 aliphatic rings.